The first-order chi connectivity index (χ1) is 11.6. The maximum absolute atomic E-state index is 12.4. The van der Waals surface area contributed by atoms with Crippen LogP contribution in [0.15, 0.2) is 58.3 Å². The van der Waals surface area contributed by atoms with Gasteiger partial charge in [-0.25, -0.2) is 0 Å². The molecule has 0 heterocycles. The van der Waals surface area contributed by atoms with Crippen molar-refractivity contribution in [3.8, 4) is 6.07 Å². The van der Waals surface area contributed by atoms with Gasteiger partial charge in [0.1, 0.15) is 5.41 Å². The largest absolute Gasteiger partial charge is 0.325 e. The highest BCUT2D eigenvalue weighted by atomic mass is 35.5. The molecule has 0 spiro atoms. The molecule has 1 N–H and O–H groups in total. The molecule has 1 aliphatic rings. The normalized spacial score (nSPS) is 15.7. The van der Waals surface area contributed by atoms with E-state index in [-0.39, 0.29) is 5.91 Å². The van der Waals surface area contributed by atoms with Gasteiger partial charge in [0.05, 0.1) is 11.1 Å². The van der Waals surface area contributed by atoms with Crippen molar-refractivity contribution in [1.82, 2.24) is 0 Å². The fraction of sp³-hybridized carbons (Fsp3) is 0.263. The minimum absolute atomic E-state index is 0.186. The second kappa shape index (κ2) is 7.29. The molecule has 5 heteroatoms. The number of hydrogen-bond donors (Lipinski definition) is 1. The summed E-state index contributed by atoms with van der Waals surface area (Å²) in [5.41, 5.74) is -0.143. The maximum Gasteiger partial charge on any atom is 0.244 e. The third-order valence-electron chi connectivity index (χ3n) is 4.28. The van der Waals surface area contributed by atoms with Gasteiger partial charge in [-0.1, -0.05) is 48.3 Å². The van der Waals surface area contributed by atoms with Gasteiger partial charge in [0.25, 0.3) is 0 Å². The van der Waals surface area contributed by atoms with Crippen LogP contribution in [0.1, 0.15) is 25.7 Å². The first kappa shape index (κ1) is 16.9. The third-order valence-corrected chi connectivity index (χ3v) is 5.81. The number of nitrogens with one attached hydrogen (secondary N) is 1. The minimum atomic E-state index is -0.856. The van der Waals surface area contributed by atoms with Crippen LogP contribution in [0.4, 0.5) is 5.69 Å². The number of halogens is 1. The Labute approximate surface area is 151 Å². The van der Waals surface area contributed by atoms with Crippen LogP contribution in [0.3, 0.4) is 0 Å². The smallest absolute Gasteiger partial charge is 0.244 e. The quantitative estimate of drug-likeness (QED) is 0.785. The predicted molar refractivity (Wildman–Crippen MR) is 97.2 cm³/mol. The standard InChI is InChI=1S/C19H17ClN2OS/c20-16-5-1-2-6-17(16)24-15-9-7-14(8-10-15)22-18(23)19(13-21)11-3-4-12-19/h1-2,5-10H,3-4,11-12H2,(H,22,23). The Bertz CT molecular complexity index is 777. The second-order valence-electron chi connectivity index (χ2n) is 5.91. The Morgan fingerprint density at radius 1 is 1.12 bits per heavy atom. The van der Waals surface area contributed by atoms with Crippen molar-refractivity contribution >= 4 is 35.0 Å². The lowest BCUT2D eigenvalue weighted by Gasteiger charge is -2.19. The van der Waals surface area contributed by atoms with E-state index in [4.69, 9.17) is 11.6 Å². The van der Waals surface area contributed by atoms with E-state index >= 15 is 0 Å². The van der Waals surface area contributed by atoms with Gasteiger partial charge in [-0.2, -0.15) is 5.26 Å². The van der Waals surface area contributed by atoms with Crippen molar-refractivity contribution in [3.05, 3.63) is 53.6 Å². The monoisotopic (exact) mass is 356 g/mol. The zero-order valence-corrected chi connectivity index (χ0v) is 14.7. The lowest BCUT2D eigenvalue weighted by molar-refractivity contribution is -0.122. The number of rotatable bonds is 4. The van der Waals surface area contributed by atoms with Gasteiger partial charge in [-0.05, 0) is 49.2 Å². The molecule has 1 amide bonds. The highest BCUT2D eigenvalue weighted by Crippen LogP contribution is 2.39. The fourth-order valence-corrected chi connectivity index (χ4v) is 3.97. The molecule has 0 unspecified atom stereocenters. The predicted octanol–water partition coefficient (Wildman–Crippen LogP) is 5.51. The van der Waals surface area contributed by atoms with E-state index < -0.39 is 5.41 Å². The molecule has 3 rings (SSSR count). The topological polar surface area (TPSA) is 52.9 Å². The average molecular weight is 357 g/mol. The van der Waals surface area contributed by atoms with Crippen molar-refractivity contribution in [2.45, 2.75) is 35.5 Å². The molecule has 0 radical (unpaired) electrons. The van der Waals surface area contributed by atoms with Crippen molar-refractivity contribution in [3.63, 3.8) is 0 Å². The summed E-state index contributed by atoms with van der Waals surface area (Å²) in [6, 6.07) is 17.5. The molecule has 2 aromatic rings. The van der Waals surface area contributed by atoms with Gasteiger partial charge in [0.2, 0.25) is 5.91 Å². The second-order valence-corrected chi connectivity index (χ2v) is 7.43. The molecule has 122 valence electrons. The summed E-state index contributed by atoms with van der Waals surface area (Å²) in [6.45, 7) is 0. The molecule has 0 aromatic heterocycles. The molecule has 0 saturated heterocycles. The summed E-state index contributed by atoms with van der Waals surface area (Å²) >= 11 is 7.74. The van der Waals surface area contributed by atoms with Gasteiger partial charge in [-0.15, -0.1) is 0 Å². The van der Waals surface area contributed by atoms with Crippen molar-refractivity contribution in [2.24, 2.45) is 5.41 Å². The molecule has 2 aromatic carbocycles. The Balaban J connectivity index is 1.68. The van der Waals surface area contributed by atoms with Crippen LogP contribution in [0.25, 0.3) is 0 Å². The van der Waals surface area contributed by atoms with Crippen molar-refractivity contribution < 1.29 is 4.79 Å². The van der Waals surface area contributed by atoms with Crippen molar-refractivity contribution in [2.75, 3.05) is 5.32 Å². The molecule has 0 aliphatic heterocycles. The summed E-state index contributed by atoms with van der Waals surface area (Å²) in [5, 5.41) is 13.0. The number of nitriles is 1. The van der Waals surface area contributed by atoms with E-state index in [0.29, 0.717) is 18.5 Å². The molecular weight excluding hydrogens is 340 g/mol. The van der Waals surface area contributed by atoms with Crippen LogP contribution in [-0.2, 0) is 4.79 Å². The van der Waals surface area contributed by atoms with E-state index in [9.17, 15) is 10.1 Å². The summed E-state index contributed by atoms with van der Waals surface area (Å²) in [7, 11) is 0. The molecule has 1 saturated carbocycles. The lowest BCUT2D eigenvalue weighted by Crippen LogP contribution is -2.32. The number of hydrogen-bond acceptors (Lipinski definition) is 3. The zero-order valence-electron chi connectivity index (χ0n) is 13.1. The van der Waals surface area contributed by atoms with Gasteiger partial charge in [0.15, 0.2) is 0 Å². The van der Waals surface area contributed by atoms with Crippen LogP contribution < -0.4 is 5.32 Å². The van der Waals surface area contributed by atoms with Crippen LogP contribution in [-0.4, -0.2) is 5.91 Å². The average Bonchev–Trinajstić information content (AvgIpc) is 3.09. The number of nitrogens with zero attached hydrogens (tertiary/aromatic N) is 1. The number of carbonyl (C=O) groups is 1. The minimum Gasteiger partial charge on any atom is -0.325 e. The molecule has 1 fully saturated rings. The Hall–Kier alpha value is -1.96. The summed E-state index contributed by atoms with van der Waals surface area (Å²) < 4.78 is 0. The Morgan fingerprint density at radius 2 is 1.79 bits per heavy atom. The maximum atomic E-state index is 12.4. The van der Waals surface area contributed by atoms with E-state index in [1.807, 2.05) is 48.5 Å². The summed E-state index contributed by atoms with van der Waals surface area (Å²) in [6.07, 6.45) is 3.17. The van der Waals surface area contributed by atoms with E-state index in [0.717, 1.165) is 27.7 Å². The van der Waals surface area contributed by atoms with Gasteiger partial charge in [0, 0.05) is 15.5 Å². The molecule has 0 atom stereocenters. The number of carbonyl (C=O) groups excluding carboxylic acids is 1. The lowest BCUT2D eigenvalue weighted by atomic mass is 9.87. The SMILES string of the molecule is N#CC1(C(=O)Nc2ccc(Sc3ccccc3Cl)cc2)CCCC1. The molecule has 3 nitrogen and oxygen atoms in total. The van der Waals surface area contributed by atoms with Gasteiger partial charge >= 0.3 is 0 Å². The highest BCUT2D eigenvalue weighted by Gasteiger charge is 2.41. The molecule has 0 bridgehead atoms. The Kier molecular flexibility index (Phi) is 5.13. The molecule has 24 heavy (non-hydrogen) atoms. The van der Waals surface area contributed by atoms with Crippen LogP contribution in [0, 0.1) is 16.7 Å². The molecular formula is C19H17ClN2OS. The third kappa shape index (κ3) is 3.58. The number of anilines is 1. The number of benzene rings is 2. The summed E-state index contributed by atoms with van der Waals surface area (Å²) in [4.78, 5) is 14.5. The van der Waals surface area contributed by atoms with E-state index in [1.54, 1.807) is 11.8 Å². The van der Waals surface area contributed by atoms with Gasteiger partial charge in [-0.3, -0.25) is 4.79 Å². The molecule has 1 aliphatic carbocycles. The zero-order chi connectivity index (χ0) is 17.0. The van der Waals surface area contributed by atoms with E-state index in [1.165, 1.54) is 0 Å². The van der Waals surface area contributed by atoms with Crippen LogP contribution in [0.5, 0.6) is 0 Å². The number of amides is 1. The Morgan fingerprint density at radius 3 is 2.42 bits per heavy atom. The van der Waals surface area contributed by atoms with Gasteiger partial charge < -0.3 is 5.32 Å². The van der Waals surface area contributed by atoms with Crippen LogP contribution >= 0.6 is 23.4 Å². The highest BCUT2D eigenvalue weighted by molar-refractivity contribution is 7.99. The first-order valence-electron chi connectivity index (χ1n) is 7.88. The fourth-order valence-electron chi connectivity index (χ4n) is 2.88. The van der Waals surface area contributed by atoms with E-state index in [2.05, 4.69) is 11.4 Å². The van der Waals surface area contributed by atoms with Crippen LogP contribution in [0.2, 0.25) is 5.02 Å². The first-order valence-corrected chi connectivity index (χ1v) is 9.08. The van der Waals surface area contributed by atoms with Crippen molar-refractivity contribution in [1.29, 1.82) is 5.26 Å². The summed E-state index contributed by atoms with van der Waals surface area (Å²) in [5.74, 6) is -0.186.